The van der Waals surface area contributed by atoms with Crippen molar-refractivity contribution in [3.63, 3.8) is 0 Å². The van der Waals surface area contributed by atoms with E-state index in [0.29, 0.717) is 24.6 Å². The van der Waals surface area contributed by atoms with E-state index in [2.05, 4.69) is 19.2 Å². The van der Waals surface area contributed by atoms with Gasteiger partial charge in [0.2, 0.25) is 0 Å². The maximum Gasteiger partial charge on any atom is 0.251 e. The van der Waals surface area contributed by atoms with Gasteiger partial charge in [0.05, 0.1) is 6.61 Å². The molecule has 16 heavy (non-hydrogen) atoms. The Kier molecular flexibility index (Phi) is 4.99. The number of nitrogens with one attached hydrogen (secondary N) is 1. The number of rotatable bonds is 5. The highest BCUT2D eigenvalue weighted by Gasteiger charge is 2.06. The topological polar surface area (TPSA) is 38.3 Å². The van der Waals surface area contributed by atoms with Gasteiger partial charge in [-0.25, -0.2) is 0 Å². The molecule has 0 saturated carbocycles. The molecule has 0 fully saturated rings. The van der Waals surface area contributed by atoms with Crippen LogP contribution in [0.1, 0.15) is 37.1 Å². The highest BCUT2D eigenvalue weighted by Crippen LogP contribution is 2.15. The van der Waals surface area contributed by atoms with E-state index in [4.69, 9.17) is 4.74 Å². The van der Waals surface area contributed by atoms with Crippen molar-refractivity contribution in [2.24, 2.45) is 0 Å². The molecule has 1 aromatic rings. The van der Waals surface area contributed by atoms with Crippen LogP contribution in [-0.2, 0) is 4.74 Å². The third-order valence-electron chi connectivity index (χ3n) is 2.41. The van der Waals surface area contributed by atoms with Crippen molar-refractivity contribution < 1.29 is 11.0 Å². The third kappa shape index (κ3) is 3.66. The molecule has 0 saturated heterocycles. The normalized spacial score (nSPS) is 10.5. The fourth-order valence-electron chi connectivity index (χ4n) is 1.41. The van der Waals surface area contributed by atoms with Crippen LogP contribution >= 0.6 is 0 Å². The Morgan fingerprint density at radius 1 is 1.50 bits per heavy atom. The number of amides is 1. The van der Waals surface area contributed by atoms with Crippen molar-refractivity contribution in [2.75, 3.05) is 20.3 Å². The molecule has 0 spiro atoms. The number of ether oxygens (including phenoxy) is 1. The molecule has 1 aromatic carbocycles. The van der Waals surface area contributed by atoms with Gasteiger partial charge in [-0.05, 0) is 23.6 Å². The molecule has 0 bridgehead atoms. The molecule has 0 atom stereocenters. The molecule has 0 heterocycles. The first-order chi connectivity index (χ1) is 7.65. The Bertz CT molecular complexity index is 353. The van der Waals surface area contributed by atoms with Gasteiger partial charge in [0.1, 0.15) is 0 Å². The summed E-state index contributed by atoms with van der Waals surface area (Å²) in [5, 5.41) is 2.80. The average molecular weight is 223 g/mol. The van der Waals surface area contributed by atoms with Crippen LogP contribution in [0.2, 0.25) is 0 Å². The molecule has 1 N–H and O–H groups in total. The van der Waals surface area contributed by atoms with E-state index in [0.717, 1.165) is 0 Å². The van der Waals surface area contributed by atoms with Gasteiger partial charge < -0.3 is 10.1 Å². The van der Waals surface area contributed by atoms with E-state index >= 15 is 0 Å². The maximum absolute atomic E-state index is 11.7. The Hall–Kier alpha value is -1.35. The summed E-state index contributed by atoms with van der Waals surface area (Å²) in [6, 6.07) is 7.72. The van der Waals surface area contributed by atoms with Gasteiger partial charge in [0, 0.05) is 20.6 Å². The Balaban J connectivity index is 0.00000256. The first-order valence-corrected chi connectivity index (χ1v) is 5.52. The smallest absolute Gasteiger partial charge is 0.251 e. The van der Waals surface area contributed by atoms with Crippen LogP contribution in [0.4, 0.5) is 0 Å². The molecule has 0 aliphatic carbocycles. The highest BCUT2D eigenvalue weighted by atomic mass is 16.5. The zero-order chi connectivity index (χ0) is 12.0. The molecule has 0 aliphatic heterocycles. The molecule has 0 unspecified atom stereocenters. The third-order valence-corrected chi connectivity index (χ3v) is 2.41. The number of carbonyl (C=O) groups is 1. The second-order valence-electron chi connectivity index (χ2n) is 4.03. The fraction of sp³-hybridized carbons (Fsp3) is 0.462. The molecule has 3 heteroatoms. The summed E-state index contributed by atoms with van der Waals surface area (Å²) in [6.07, 6.45) is 0. The van der Waals surface area contributed by atoms with Crippen LogP contribution in [0, 0.1) is 0 Å². The van der Waals surface area contributed by atoms with Gasteiger partial charge in [0.25, 0.3) is 5.91 Å². The lowest BCUT2D eigenvalue weighted by atomic mass is 10.0. The molecule has 0 aliphatic rings. The number of benzene rings is 1. The molecular weight excluding hydrogens is 202 g/mol. The SMILES string of the molecule is COCCNC(=O)c1cccc(C(C)C)c1.[HH]. The minimum Gasteiger partial charge on any atom is -0.383 e. The van der Waals surface area contributed by atoms with Crippen molar-refractivity contribution in [1.82, 2.24) is 5.32 Å². The van der Waals surface area contributed by atoms with Gasteiger partial charge in [-0.1, -0.05) is 26.0 Å². The van der Waals surface area contributed by atoms with Crippen molar-refractivity contribution in [1.29, 1.82) is 0 Å². The van der Waals surface area contributed by atoms with Crippen LogP contribution in [0.15, 0.2) is 24.3 Å². The van der Waals surface area contributed by atoms with Gasteiger partial charge in [-0.2, -0.15) is 0 Å². The highest BCUT2D eigenvalue weighted by molar-refractivity contribution is 5.94. The lowest BCUT2D eigenvalue weighted by Gasteiger charge is -2.08. The summed E-state index contributed by atoms with van der Waals surface area (Å²) < 4.78 is 4.88. The van der Waals surface area contributed by atoms with E-state index < -0.39 is 0 Å². The summed E-state index contributed by atoms with van der Waals surface area (Å²) in [5.74, 6) is 0.395. The lowest BCUT2D eigenvalue weighted by Crippen LogP contribution is -2.26. The van der Waals surface area contributed by atoms with Crippen molar-refractivity contribution in [3.8, 4) is 0 Å². The largest absolute Gasteiger partial charge is 0.383 e. The molecule has 90 valence electrons. The molecule has 0 radical (unpaired) electrons. The van der Waals surface area contributed by atoms with E-state index in [-0.39, 0.29) is 7.33 Å². The summed E-state index contributed by atoms with van der Waals surface area (Å²) in [7, 11) is 1.62. The van der Waals surface area contributed by atoms with Crippen molar-refractivity contribution in [3.05, 3.63) is 35.4 Å². The summed E-state index contributed by atoms with van der Waals surface area (Å²) in [6.45, 7) is 5.31. The minimum absolute atomic E-state index is 0. The predicted octanol–water partition coefficient (Wildman–Crippen LogP) is 2.43. The Labute approximate surface area is 98.3 Å². The zero-order valence-electron chi connectivity index (χ0n) is 10.1. The lowest BCUT2D eigenvalue weighted by molar-refractivity contribution is 0.0937. The fourth-order valence-corrected chi connectivity index (χ4v) is 1.41. The number of hydrogen-bond acceptors (Lipinski definition) is 2. The first kappa shape index (κ1) is 12.7. The van der Waals surface area contributed by atoms with Crippen molar-refractivity contribution >= 4 is 5.91 Å². The monoisotopic (exact) mass is 223 g/mol. The number of hydrogen-bond donors (Lipinski definition) is 1. The maximum atomic E-state index is 11.7. The standard InChI is InChI=1S/C13H19NO2.H2/c1-10(2)11-5-4-6-12(9-11)13(15)14-7-8-16-3;/h4-6,9-10H,7-8H2,1-3H3,(H,14,15);1H. The van der Waals surface area contributed by atoms with Gasteiger partial charge in [-0.3, -0.25) is 4.79 Å². The van der Waals surface area contributed by atoms with E-state index in [1.165, 1.54) is 5.56 Å². The van der Waals surface area contributed by atoms with Crippen LogP contribution < -0.4 is 5.32 Å². The first-order valence-electron chi connectivity index (χ1n) is 5.52. The van der Waals surface area contributed by atoms with Gasteiger partial charge in [-0.15, -0.1) is 0 Å². The van der Waals surface area contributed by atoms with Crippen LogP contribution in [0.5, 0.6) is 0 Å². The molecule has 3 nitrogen and oxygen atoms in total. The van der Waals surface area contributed by atoms with E-state index in [1.54, 1.807) is 7.11 Å². The second kappa shape index (κ2) is 6.28. The molecule has 0 aromatic heterocycles. The number of methoxy groups -OCH3 is 1. The molecular formula is C13H21NO2. The number of carbonyl (C=O) groups excluding carboxylic acids is 1. The van der Waals surface area contributed by atoms with Gasteiger partial charge >= 0.3 is 0 Å². The van der Waals surface area contributed by atoms with Crippen LogP contribution in [0.3, 0.4) is 0 Å². The molecule has 1 amide bonds. The quantitative estimate of drug-likeness (QED) is 0.779. The zero-order valence-corrected chi connectivity index (χ0v) is 10.1. The average Bonchev–Trinajstić information content (AvgIpc) is 2.29. The Morgan fingerprint density at radius 3 is 2.88 bits per heavy atom. The second-order valence-corrected chi connectivity index (χ2v) is 4.03. The van der Waals surface area contributed by atoms with E-state index in [1.807, 2.05) is 24.3 Å². The molecule has 1 rings (SSSR count). The summed E-state index contributed by atoms with van der Waals surface area (Å²) in [4.78, 5) is 11.7. The minimum atomic E-state index is -0.0421. The summed E-state index contributed by atoms with van der Waals surface area (Å²) in [5.41, 5.74) is 1.89. The van der Waals surface area contributed by atoms with Crippen LogP contribution in [0.25, 0.3) is 0 Å². The predicted molar refractivity (Wildman–Crippen MR) is 66.9 cm³/mol. The van der Waals surface area contributed by atoms with E-state index in [9.17, 15) is 4.79 Å². The Morgan fingerprint density at radius 2 is 2.25 bits per heavy atom. The van der Waals surface area contributed by atoms with Crippen molar-refractivity contribution in [2.45, 2.75) is 19.8 Å². The van der Waals surface area contributed by atoms with Crippen LogP contribution in [-0.4, -0.2) is 26.2 Å². The van der Waals surface area contributed by atoms with Gasteiger partial charge in [0.15, 0.2) is 0 Å². The summed E-state index contributed by atoms with van der Waals surface area (Å²) >= 11 is 0.